The monoisotopic (exact) mass is 678 g/mol. The molecule has 0 spiro atoms. The number of rotatable bonds is 9. The van der Waals surface area contributed by atoms with Crippen molar-refractivity contribution in [1.82, 2.24) is 20.1 Å². The molecule has 1 unspecified atom stereocenters. The van der Waals surface area contributed by atoms with E-state index < -0.39 is 6.36 Å². The van der Waals surface area contributed by atoms with Crippen molar-refractivity contribution in [3.8, 4) is 22.8 Å². The highest BCUT2D eigenvalue weighted by Crippen LogP contribution is 2.34. The molecule has 2 heterocycles. The van der Waals surface area contributed by atoms with E-state index in [1.165, 1.54) is 47.0 Å². The molecule has 5 rings (SSSR count). The number of anilines is 1. The van der Waals surface area contributed by atoms with Gasteiger partial charge in [-0.15, -0.1) is 18.3 Å². The lowest BCUT2D eigenvalue weighted by Gasteiger charge is -2.22. The van der Waals surface area contributed by atoms with Crippen LogP contribution in [0.25, 0.3) is 23.2 Å². The van der Waals surface area contributed by atoms with Crippen molar-refractivity contribution in [2.45, 2.75) is 52.4 Å². The molecule has 1 aliphatic heterocycles. The number of thioether (sulfide) groups is 1. The first-order valence-corrected chi connectivity index (χ1v) is 16.3. The summed E-state index contributed by atoms with van der Waals surface area (Å²) in [6.07, 6.45) is 1.49. The maximum atomic E-state index is 12.9. The molecule has 1 N–H and O–H groups in total. The SMILES string of the molecule is Cc1ccc(C(C)C)c(N2C(=O)CS/C2=N\C(=S)NC(C)C/C=C\c2ccc(-c3ncn(-c4ccc(OC(F)(F)F)cc4)n3)cc2)c1. The van der Waals surface area contributed by atoms with Crippen LogP contribution in [0.2, 0.25) is 0 Å². The van der Waals surface area contributed by atoms with E-state index in [0.717, 1.165) is 27.9 Å². The molecule has 0 radical (unpaired) electrons. The topological polar surface area (TPSA) is 84.6 Å². The number of hydrogen-bond donors (Lipinski definition) is 1. The molecule has 1 aromatic heterocycles. The van der Waals surface area contributed by atoms with Gasteiger partial charge in [-0.3, -0.25) is 9.69 Å². The highest BCUT2D eigenvalue weighted by Gasteiger charge is 2.32. The number of aromatic nitrogens is 3. The predicted molar refractivity (Wildman–Crippen MR) is 185 cm³/mol. The third-order valence-electron chi connectivity index (χ3n) is 7.18. The summed E-state index contributed by atoms with van der Waals surface area (Å²) in [5.74, 6) is 0.729. The Labute approximate surface area is 280 Å². The molecule has 1 aliphatic rings. The van der Waals surface area contributed by atoms with E-state index in [-0.39, 0.29) is 23.6 Å². The number of aliphatic imine (C=N–C) groups is 1. The summed E-state index contributed by atoms with van der Waals surface area (Å²) in [5.41, 5.74) is 5.34. The number of carbonyl (C=O) groups excluding carboxylic acids is 1. The highest BCUT2D eigenvalue weighted by molar-refractivity contribution is 8.15. The van der Waals surface area contributed by atoms with Crippen LogP contribution in [-0.2, 0) is 4.79 Å². The van der Waals surface area contributed by atoms with Crippen molar-refractivity contribution in [3.63, 3.8) is 0 Å². The van der Waals surface area contributed by atoms with Crippen molar-refractivity contribution in [2.75, 3.05) is 10.7 Å². The van der Waals surface area contributed by atoms with Gasteiger partial charge in [0.25, 0.3) is 0 Å². The second kappa shape index (κ2) is 14.5. The lowest BCUT2D eigenvalue weighted by molar-refractivity contribution is -0.274. The number of amidine groups is 1. The minimum Gasteiger partial charge on any atom is -0.406 e. The average molecular weight is 679 g/mol. The Kier molecular flexibility index (Phi) is 10.5. The first-order chi connectivity index (χ1) is 22.4. The van der Waals surface area contributed by atoms with Gasteiger partial charge in [-0.1, -0.05) is 74.2 Å². The molecule has 0 saturated carbocycles. The van der Waals surface area contributed by atoms with Gasteiger partial charge in [0.1, 0.15) is 12.1 Å². The number of nitrogens with one attached hydrogen (secondary N) is 1. The molecule has 4 aromatic rings. The average Bonchev–Trinajstić information content (AvgIpc) is 3.64. The molecule has 3 aromatic carbocycles. The molecule has 1 amide bonds. The largest absolute Gasteiger partial charge is 0.573 e. The van der Waals surface area contributed by atoms with Crippen molar-refractivity contribution >= 4 is 51.9 Å². The Morgan fingerprint density at radius 2 is 1.83 bits per heavy atom. The predicted octanol–water partition coefficient (Wildman–Crippen LogP) is 8.07. The maximum Gasteiger partial charge on any atom is 0.573 e. The number of carbonyl (C=O) groups is 1. The Morgan fingerprint density at radius 1 is 1.11 bits per heavy atom. The van der Waals surface area contributed by atoms with Crippen LogP contribution < -0.4 is 15.0 Å². The molecule has 244 valence electrons. The summed E-state index contributed by atoms with van der Waals surface area (Å²) in [7, 11) is 0. The zero-order chi connectivity index (χ0) is 33.7. The van der Waals surface area contributed by atoms with E-state index >= 15 is 0 Å². The van der Waals surface area contributed by atoms with Gasteiger partial charge >= 0.3 is 6.36 Å². The van der Waals surface area contributed by atoms with Gasteiger partial charge in [0.05, 0.1) is 17.1 Å². The van der Waals surface area contributed by atoms with Crippen molar-refractivity contribution in [2.24, 2.45) is 4.99 Å². The Bertz CT molecular complexity index is 1800. The van der Waals surface area contributed by atoms with Gasteiger partial charge in [-0.05, 0) is 85.4 Å². The summed E-state index contributed by atoms with van der Waals surface area (Å²) in [6, 6.07) is 19.2. The van der Waals surface area contributed by atoms with Gasteiger partial charge in [-0.2, -0.15) is 4.99 Å². The number of ether oxygens (including phenoxy) is 1. The van der Waals surface area contributed by atoms with Crippen LogP contribution in [0.4, 0.5) is 18.9 Å². The lowest BCUT2D eigenvalue weighted by Crippen LogP contribution is -2.34. The van der Waals surface area contributed by atoms with E-state index in [0.29, 0.717) is 34.0 Å². The lowest BCUT2D eigenvalue weighted by atomic mass is 9.99. The molecule has 1 fully saturated rings. The number of aryl methyl sites for hydroxylation is 1. The summed E-state index contributed by atoms with van der Waals surface area (Å²) in [6.45, 7) is 8.24. The minimum absolute atomic E-state index is 0.00498. The van der Waals surface area contributed by atoms with Crippen LogP contribution in [0.15, 0.2) is 84.1 Å². The number of benzene rings is 3. The third-order valence-corrected chi connectivity index (χ3v) is 8.31. The molecule has 1 atom stereocenters. The molecule has 1 saturated heterocycles. The number of halogens is 3. The van der Waals surface area contributed by atoms with Gasteiger partial charge in [0, 0.05) is 11.6 Å². The second-order valence-electron chi connectivity index (χ2n) is 11.3. The number of nitrogens with zero attached hydrogens (tertiary/aromatic N) is 5. The molecule has 0 aliphatic carbocycles. The van der Waals surface area contributed by atoms with Gasteiger partial charge in [0.15, 0.2) is 16.1 Å². The van der Waals surface area contributed by atoms with Crippen LogP contribution in [0, 0.1) is 6.92 Å². The maximum absolute atomic E-state index is 12.9. The standard InChI is InChI=1S/C34H33F3N6O2S2/c1-21(2)28-17-8-22(3)18-29(28)43-30(44)19-47-33(43)40-32(46)39-23(4)6-5-7-24-9-11-25(12-10-24)31-38-20-42(41-31)26-13-15-27(16-14-26)45-34(35,36)37/h5,7-18,20-21,23H,6,19H2,1-4H3,(H,39,46)/b7-5-,40-33-. The number of thiocarbonyl (C=S) groups is 1. The third kappa shape index (κ3) is 8.86. The summed E-state index contributed by atoms with van der Waals surface area (Å²) in [5, 5.41) is 8.61. The van der Waals surface area contributed by atoms with E-state index in [1.807, 2.05) is 56.3 Å². The van der Waals surface area contributed by atoms with Gasteiger partial charge in [-0.25, -0.2) is 9.67 Å². The van der Waals surface area contributed by atoms with Crippen LogP contribution >= 0.6 is 24.0 Å². The Morgan fingerprint density at radius 3 is 2.51 bits per heavy atom. The summed E-state index contributed by atoms with van der Waals surface area (Å²) < 4.78 is 42.7. The van der Waals surface area contributed by atoms with Crippen molar-refractivity contribution < 1.29 is 22.7 Å². The first-order valence-electron chi connectivity index (χ1n) is 14.9. The van der Waals surface area contributed by atoms with E-state index in [4.69, 9.17) is 12.2 Å². The minimum atomic E-state index is -4.75. The van der Waals surface area contributed by atoms with Crippen molar-refractivity contribution in [3.05, 3.63) is 95.8 Å². The smallest absolute Gasteiger partial charge is 0.406 e. The highest BCUT2D eigenvalue weighted by atomic mass is 32.2. The first kappa shape index (κ1) is 33.9. The molecule has 47 heavy (non-hydrogen) atoms. The van der Waals surface area contributed by atoms with E-state index in [9.17, 15) is 18.0 Å². The van der Waals surface area contributed by atoms with Gasteiger partial charge in [0.2, 0.25) is 5.91 Å². The van der Waals surface area contributed by atoms with E-state index in [1.54, 1.807) is 4.90 Å². The number of hydrogen-bond acceptors (Lipinski definition) is 6. The zero-order valence-corrected chi connectivity index (χ0v) is 27.8. The van der Waals surface area contributed by atoms with Crippen LogP contribution in [-0.4, -0.2) is 49.1 Å². The molecular formula is C34H33F3N6O2S2. The normalized spacial score (nSPS) is 15.2. The van der Waals surface area contributed by atoms with Crippen LogP contribution in [0.3, 0.4) is 0 Å². The molecular weight excluding hydrogens is 646 g/mol. The number of alkyl halides is 3. The Hall–Kier alpha value is -4.49. The fraction of sp³-hybridized carbons (Fsp3) is 0.265. The Balaban J connectivity index is 1.16. The van der Waals surface area contributed by atoms with Crippen LogP contribution in [0.5, 0.6) is 5.75 Å². The number of amides is 1. The fourth-order valence-corrected chi connectivity index (χ4v) is 6.09. The zero-order valence-electron chi connectivity index (χ0n) is 26.2. The summed E-state index contributed by atoms with van der Waals surface area (Å²) >= 11 is 6.93. The van der Waals surface area contributed by atoms with Gasteiger partial charge < -0.3 is 10.1 Å². The van der Waals surface area contributed by atoms with E-state index in [2.05, 4.69) is 51.1 Å². The molecule has 8 nitrogen and oxygen atoms in total. The molecule has 0 bridgehead atoms. The summed E-state index contributed by atoms with van der Waals surface area (Å²) in [4.78, 5) is 23.5. The second-order valence-corrected chi connectivity index (χ2v) is 12.6. The molecule has 13 heteroatoms. The van der Waals surface area contributed by atoms with Crippen molar-refractivity contribution in [1.29, 1.82) is 0 Å². The fourth-order valence-electron chi connectivity index (χ4n) is 4.88. The van der Waals surface area contributed by atoms with Crippen LogP contribution in [0.1, 0.15) is 49.8 Å². The quantitative estimate of drug-likeness (QED) is 0.179.